The van der Waals surface area contributed by atoms with Gasteiger partial charge in [-0.15, -0.1) is 0 Å². The maximum Gasteiger partial charge on any atom is 0.224 e. The number of fused-ring (bicyclic) bond motifs is 1. The third-order valence-corrected chi connectivity index (χ3v) is 6.14. The molecule has 6 heteroatoms. The minimum atomic E-state index is 0.00270. The van der Waals surface area contributed by atoms with E-state index in [0.717, 1.165) is 37.7 Å². The van der Waals surface area contributed by atoms with Crippen LogP contribution >= 0.6 is 0 Å². The van der Waals surface area contributed by atoms with Crippen LogP contribution < -0.4 is 20.1 Å². The van der Waals surface area contributed by atoms with Crippen molar-refractivity contribution < 1.29 is 19.1 Å². The number of amides is 2. The van der Waals surface area contributed by atoms with Crippen molar-refractivity contribution in [3.05, 3.63) is 23.8 Å². The summed E-state index contributed by atoms with van der Waals surface area (Å²) in [6.07, 6.45) is 6.07. The van der Waals surface area contributed by atoms with Crippen molar-refractivity contribution >= 4 is 11.8 Å². The van der Waals surface area contributed by atoms with Crippen LogP contribution in [0.3, 0.4) is 0 Å². The van der Waals surface area contributed by atoms with Crippen LogP contribution in [-0.4, -0.2) is 38.1 Å². The number of methoxy groups -OCH3 is 2. The molecule has 4 unspecified atom stereocenters. The highest BCUT2D eigenvalue weighted by Crippen LogP contribution is 2.37. The lowest BCUT2D eigenvalue weighted by Gasteiger charge is -2.44. The topological polar surface area (TPSA) is 76.7 Å². The number of hydrogen-bond donors (Lipinski definition) is 2. The molecule has 2 fully saturated rings. The Bertz CT molecular complexity index is 706. The van der Waals surface area contributed by atoms with Gasteiger partial charge >= 0.3 is 0 Å². The minimum Gasteiger partial charge on any atom is -0.493 e. The Balaban J connectivity index is 1.56. The summed E-state index contributed by atoms with van der Waals surface area (Å²) in [5, 5.41) is 6.33. The van der Waals surface area contributed by atoms with E-state index < -0.39 is 0 Å². The molecule has 1 aromatic rings. The summed E-state index contributed by atoms with van der Waals surface area (Å²) in [6, 6.07) is 5.85. The average Bonchev–Trinajstić information content (AvgIpc) is 2.67. The third-order valence-electron chi connectivity index (χ3n) is 6.14. The Labute approximate surface area is 167 Å². The van der Waals surface area contributed by atoms with Crippen molar-refractivity contribution in [2.75, 3.05) is 14.2 Å². The van der Waals surface area contributed by atoms with E-state index in [1.807, 2.05) is 18.2 Å². The van der Waals surface area contributed by atoms with Gasteiger partial charge in [0.25, 0.3) is 0 Å². The van der Waals surface area contributed by atoms with Crippen LogP contribution in [0.25, 0.3) is 0 Å². The molecule has 1 heterocycles. The number of ether oxygens (including phenoxy) is 2. The number of carbonyl (C=O) groups excluding carboxylic acids is 2. The van der Waals surface area contributed by atoms with Crippen molar-refractivity contribution in [3.63, 3.8) is 0 Å². The van der Waals surface area contributed by atoms with Crippen LogP contribution in [0.5, 0.6) is 11.5 Å². The Morgan fingerprint density at radius 2 is 2.00 bits per heavy atom. The lowest BCUT2D eigenvalue weighted by atomic mass is 9.70. The monoisotopic (exact) mass is 388 g/mol. The van der Waals surface area contributed by atoms with E-state index in [9.17, 15) is 9.59 Å². The molecule has 0 bridgehead atoms. The van der Waals surface area contributed by atoms with Crippen molar-refractivity contribution in [3.8, 4) is 11.5 Å². The molecule has 2 N–H and O–H groups in total. The summed E-state index contributed by atoms with van der Waals surface area (Å²) in [7, 11) is 3.18. The predicted octanol–water partition coefficient (Wildman–Crippen LogP) is 2.84. The maximum atomic E-state index is 12.6. The van der Waals surface area contributed by atoms with E-state index in [-0.39, 0.29) is 23.9 Å². The molecule has 1 saturated carbocycles. The summed E-state index contributed by atoms with van der Waals surface area (Å²) in [5.41, 5.74) is 0.887. The fourth-order valence-corrected chi connectivity index (χ4v) is 4.85. The summed E-state index contributed by atoms with van der Waals surface area (Å²) >= 11 is 0. The highest BCUT2D eigenvalue weighted by atomic mass is 16.5. The number of carbonyl (C=O) groups is 2. The molecule has 1 aliphatic heterocycles. The molecule has 1 saturated heterocycles. The molecule has 3 rings (SSSR count). The van der Waals surface area contributed by atoms with Gasteiger partial charge in [-0.05, 0) is 55.2 Å². The van der Waals surface area contributed by atoms with Crippen LogP contribution in [0.15, 0.2) is 18.2 Å². The number of piperidine rings is 1. The minimum absolute atomic E-state index is 0.00270. The molecular weight excluding hydrogens is 356 g/mol. The molecule has 4 atom stereocenters. The van der Waals surface area contributed by atoms with Crippen molar-refractivity contribution in [2.45, 2.75) is 64.0 Å². The molecule has 1 aliphatic carbocycles. The summed E-state index contributed by atoms with van der Waals surface area (Å²) in [4.78, 5) is 24.6. The second kappa shape index (κ2) is 9.30. The van der Waals surface area contributed by atoms with Crippen molar-refractivity contribution in [1.82, 2.24) is 10.6 Å². The van der Waals surface area contributed by atoms with Gasteiger partial charge in [0.2, 0.25) is 11.8 Å². The lowest BCUT2D eigenvalue weighted by molar-refractivity contribution is -0.127. The SMILES string of the molecule is CCCC1CC(=O)NC2CC(NC(=O)Cc3ccc(OC)c(OC)c3)CCC12. The molecule has 0 radical (unpaired) electrons. The Morgan fingerprint density at radius 3 is 2.71 bits per heavy atom. The Hall–Kier alpha value is -2.24. The molecule has 28 heavy (non-hydrogen) atoms. The normalized spacial score (nSPS) is 26.8. The number of benzene rings is 1. The van der Waals surface area contributed by atoms with Gasteiger partial charge < -0.3 is 20.1 Å². The number of nitrogens with one attached hydrogen (secondary N) is 2. The molecule has 1 aromatic carbocycles. The smallest absolute Gasteiger partial charge is 0.224 e. The average molecular weight is 389 g/mol. The molecule has 0 aromatic heterocycles. The molecule has 2 amide bonds. The van der Waals surface area contributed by atoms with Gasteiger partial charge in [0.05, 0.1) is 20.6 Å². The van der Waals surface area contributed by atoms with Gasteiger partial charge in [0.1, 0.15) is 0 Å². The largest absolute Gasteiger partial charge is 0.493 e. The van der Waals surface area contributed by atoms with Crippen LogP contribution in [-0.2, 0) is 16.0 Å². The van der Waals surface area contributed by atoms with Gasteiger partial charge in [-0.3, -0.25) is 9.59 Å². The molecule has 154 valence electrons. The van der Waals surface area contributed by atoms with Crippen molar-refractivity contribution in [2.24, 2.45) is 11.8 Å². The zero-order valence-electron chi connectivity index (χ0n) is 17.1. The van der Waals surface area contributed by atoms with E-state index in [2.05, 4.69) is 17.6 Å². The fraction of sp³-hybridized carbons (Fsp3) is 0.636. The first-order valence-corrected chi connectivity index (χ1v) is 10.3. The van der Waals surface area contributed by atoms with E-state index in [4.69, 9.17) is 9.47 Å². The molecule has 2 aliphatic rings. The van der Waals surface area contributed by atoms with Gasteiger partial charge in [0, 0.05) is 18.5 Å². The van der Waals surface area contributed by atoms with E-state index in [1.165, 1.54) is 0 Å². The van der Waals surface area contributed by atoms with Gasteiger partial charge in [-0.25, -0.2) is 0 Å². The second-order valence-corrected chi connectivity index (χ2v) is 8.03. The molecule has 6 nitrogen and oxygen atoms in total. The standard InChI is InChI=1S/C22H32N2O4/c1-4-5-15-12-22(26)24-18-13-16(7-8-17(15)18)23-21(25)11-14-6-9-19(27-2)20(10-14)28-3/h6,9-10,15-18H,4-5,7-8,11-13H2,1-3H3,(H,23,25)(H,24,26). The summed E-state index contributed by atoms with van der Waals surface area (Å²) < 4.78 is 10.6. The Kier molecular flexibility index (Phi) is 6.81. The fourth-order valence-electron chi connectivity index (χ4n) is 4.85. The summed E-state index contributed by atoms with van der Waals surface area (Å²) in [6.45, 7) is 2.18. The summed E-state index contributed by atoms with van der Waals surface area (Å²) in [5.74, 6) is 2.49. The first-order chi connectivity index (χ1) is 13.5. The molecular formula is C22H32N2O4. The quantitative estimate of drug-likeness (QED) is 0.753. The zero-order chi connectivity index (χ0) is 20.1. The Morgan fingerprint density at radius 1 is 1.21 bits per heavy atom. The maximum absolute atomic E-state index is 12.6. The first kappa shape index (κ1) is 20.5. The van der Waals surface area contributed by atoms with Crippen LogP contribution in [0.1, 0.15) is 51.0 Å². The van der Waals surface area contributed by atoms with Crippen LogP contribution in [0.4, 0.5) is 0 Å². The molecule has 0 spiro atoms. The predicted molar refractivity (Wildman–Crippen MR) is 107 cm³/mol. The van der Waals surface area contributed by atoms with Gasteiger partial charge in [-0.1, -0.05) is 19.4 Å². The zero-order valence-corrected chi connectivity index (χ0v) is 17.1. The highest BCUT2D eigenvalue weighted by molar-refractivity contribution is 5.79. The third kappa shape index (κ3) is 4.78. The first-order valence-electron chi connectivity index (χ1n) is 10.3. The van der Waals surface area contributed by atoms with E-state index >= 15 is 0 Å². The second-order valence-electron chi connectivity index (χ2n) is 8.03. The number of hydrogen-bond acceptors (Lipinski definition) is 4. The van der Waals surface area contributed by atoms with E-state index in [1.54, 1.807) is 14.2 Å². The highest BCUT2D eigenvalue weighted by Gasteiger charge is 2.40. The van der Waals surface area contributed by atoms with Gasteiger partial charge in [0.15, 0.2) is 11.5 Å². The lowest BCUT2D eigenvalue weighted by Crippen LogP contribution is -2.55. The van der Waals surface area contributed by atoms with Crippen molar-refractivity contribution in [1.29, 1.82) is 0 Å². The van der Waals surface area contributed by atoms with Crippen LogP contribution in [0.2, 0.25) is 0 Å². The number of rotatable bonds is 7. The van der Waals surface area contributed by atoms with Gasteiger partial charge in [-0.2, -0.15) is 0 Å². The van der Waals surface area contributed by atoms with E-state index in [0.29, 0.717) is 36.2 Å². The van der Waals surface area contributed by atoms with Crippen LogP contribution in [0, 0.1) is 11.8 Å².